The van der Waals surface area contributed by atoms with Crippen molar-refractivity contribution in [2.75, 3.05) is 0 Å². The largest absolute Gasteiger partial charge is 0.371 e. The number of nitrogens with zero attached hydrogens (tertiary/aromatic N) is 1. The summed E-state index contributed by atoms with van der Waals surface area (Å²) in [7, 11) is -1.85. The lowest BCUT2D eigenvalue weighted by Gasteiger charge is -2.45. The van der Waals surface area contributed by atoms with Crippen LogP contribution in [-0.2, 0) is 0 Å². The van der Waals surface area contributed by atoms with Crippen LogP contribution in [0.2, 0.25) is 16.6 Å². The van der Waals surface area contributed by atoms with Crippen LogP contribution in [0, 0.1) is 0 Å². The fraction of sp³-hybridized carbons (Fsp3) is 0.647. The topological polar surface area (TPSA) is 4.93 Å². The zero-order valence-electron chi connectivity index (χ0n) is 14.1. The average Bonchev–Trinajstić information content (AvgIpc) is 2.78. The van der Waals surface area contributed by atoms with Crippen molar-refractivity contribution < 1.29 is 4.39 Å². The normalized spacial score (nSPS) is 13.8. The van der Waals surface area contributed by atoms with Crippen LogP contribution in [0.4, 0.5) is 4.39 Å². The summed E-state index contributed by atoms with van der Waals surface area (Å²) in [6.07, 6.45) is 4.52. The molecule has 0 radical (unpaired) electrons. The second kappa shape index (κ2) is 6.75. The van der Waals surface area contributed by atoms with Crippen LogP contribution in [-0.4, -0.2) is 12.5 Å². The minimum absolute atomic E-state index is 0.0728. The van der Waals surface area contributed by atoms with Crippen LogP contribution in [0.5, 0.6) is 0 Å². The molecule has 20 heavy (non-hydrogen) atoms. The molecule has 1 heterocycles. The van der Waals surface area contributed by atoms with Crippen molar-refractivity contribution in [3.63, 3.8) is 0 Å². The fourth-order valence-electron chi connectivity index (χ4n) is 4.03. The monoisotopic (exact) mass is 295 g/mol. The maximum absolute atomic E-state index is 14.4. The number of hydrogen-bond acceptors (Lipinski definition) is 0. The van der Waals surface area contributed by atoms with Gasteiger partial charge in [-0.05, 0) is 47.4 Å². The Bertz CT molecular complexity index is 436. The van der Waals surface area contributed by atoms with Gasteiger partial charge in [0.25, 0.3) is 0 Å². The minimum atomic E-state index is -1.85. The molecule has 0 spiro atoms. The highest BCUT2D eigenvalue weighted by atomic mass is 28.3. The standard InChI is InChI=1S/C17H30FNSi/c1-8-10-16(18)17-11-9-12-19(17)20(13(2)3,14(4)5)15(6)7/h9-15H,8H2,1-7H3/b16-10-. The lowest BCUT2D eigenvalue weighted by molar-refractivity contribution is 0.722. The summed E-state index contributed by atoms with van der Waals surface area (Å²) in [5, 5.41) is 0. The highest BCUT2D eigenvalue weighted by Crippen LogP contribution is 2.44. The molecule has 0 aromatic carbocycles. The molecule has 1 rings (SSSR count). The van der Waals surface area contributed by atoms with Crippen LogP contribution < -0.4 is 0 Å². The van der Waals surface area contributed by atoms with E-state index in [4.69, 9.17) is 0 Å². The predicted molar refractivity (Wildman–Crippen MR) is 90.3 cm³/mol. The van der Waals surface area contributed by atoms with E-state index >= 15 is 0 Å². The van der Waals surface area contributed by atoms with Gasteiger partial charge >= 0.3 is 0 Å². The lowest BCUT2D eigenvalue weighted by Crippen LogP contribution is -2.52. The van der Waals surface area contributed by atoms with Crippen LogP contribution in [0.25, 0.3) is 5.83 Å². The molecule has 0 aliphatic heterocycles. The van der Waals surface area contributed by atoms with Crippen molar-refractivity contribution in [2.45, 2.75) is 71.5 Å². The number of aromatic nitrogens is 1. The van der Waals surface area contributed by atoms with Crippen molar-refractivity contribution in [1.29, 1.82) is 0 Å². The molecular formula is C17H30FNSi. The van der Waals surface area contributed by atoms with Crippen molar-refractivity contribution in [1.82, 2.24) is 4.23 Å². The van der Waals surface area contributed by atoms with Gasteiger partial charge in [-0.25, -0.2) is 4.39 Å². The molecule has 0 unspecified atom stereocenters. The van der Waals surface area contributed by atoms with Crippen LogP contribution >= 0.6 is 0 Å². The Hall–Kier alpha value is -0.833. The summed E-state index contributed by atoms with van der Waals surface area (Å²) in [6.45, 7) is 15.8. The Balaban J connectivity index is 3.52. The summed E-state index contributed by atoms with van der Waals surface area (Å²) in [5.41, 5.74) is 2.49. The second-order valence-corrected chi connectivity index (χ2v) is 12.3. The first-order valence-corrected chi connectivity index (χ1v) is 10.0. The van der Waals surface area contributed by atoms with E-state index in [1.165, 1.54) is 0 Å². The van der Waals surface area contributed by atoms with Gasteiger partial charge in [0.15, 0.2) is 8.24 Å². The molecule has 0 saturated carbocycles. The summed E-state index contributed by atoms with van der Waals surface area (Å²) >= 11 is 0. The highest BCUT2D eigenvalue weighted by molar-refractivity contribution is 6.82. The summed E-state index contributed by atoms with van der Waals surface area (Å²) in [4.78, 5) is 0. The maximum Gasteiger partial charge on any atom is 0.169 e. The molecule has 0 aliphatic carbocycles. The fourth-order valence-corrected chi connectivity index (χ4v) is 10.6. The molecule has 0 N–H and O–H groups in total. The van der Waals surface area contributed by atoms with Crippen LogP contribution in [0.15, 0.2) is 24.4 Å². The molecule has 1 aromatic heterocycles. The number of halogens is 1. The van der Waals surface area contributed by atoms with Gasteiger partial charge in [0, 0.05) is 0 Å². The molecule has 0 atom stereocenters. The smallest absolute Gasteiger partial charge is 0.169 e. The maximum atomic E-state index is 14.4. The Morgan fingerprint density at radius 1 is 1.15 bits per heavy atom. The van der Waals surface area contributed by atoms with Gasteiger partial charge in [0.1, 0.15) is 5.83 Å². The van der Waals surface area contributed by atoms with Gasteiger partial charge in [-0.15, -0.1) is 0 Å². The molecule has 114 valence electrons. The molecule has 0 amide bonds. The first kappa shape index (κ1) is 17.2. The zero-order valence-corrected chi connectivity index (χ0v) is 15.1. The van der Waals surface area contributed by atoms with Crippen LogP contribution in [0.1, 0.15) is 60.6 Å². The predicted octanol–water partition coefficient (Wildman–Crippen LogP) is 6.23. The molecule has 0 fully saturated rings. The van der Waals surface area contributed by atoms with E-state index in [2.05, 4.69) is 52.0 Å². The molecule has 0 bridgehead atoms. The first-order valence-electron chi connectivity index (χ1n) is 7.83. The Kier molecular flexibility index (Phi) is 5.81. The third kappa shape index (κ3) is 2.78. The number of allylic oxidation sites excluding steroid dienone is 1. The molecular weight excluding hydrogens is 265 g/mol. The lowest BCUT2D eigenvalue weighted by atomic mass is 10.3. The molecule has 0 saturated heterocycles. The minimum Gasteiger partial charge on any atom is -0.371 e. The molecule has 1 nitrogen and oxygen atoms in total. The van der Waals surface area contributed by atoms with Gasteiger partial charge in [-0.1, -0.05) is 48.5 Å². The van der Waals surface area contributed by atoms with E-state index in [9.17, 15) is 4.39 Å². The average molecular weight is 296 g/mol. The Labute approximate surface area is 125 Å². The summed E-state index contributed by atoms with van der Waals surface area (Å²) < 4.78 is 16.7. The van der Waals surface area contributed by atoms with E-state index in [0.717, 1.165) is 12.1 Å². The quantitative estimate of drug-likeness (QED) is 0.548. The van der Waals surface area contributed by atoms with Gasteiger partial charge in [0.05, 0.1) is 5.69 Å². The number of hydrogen-bond donors (Lipinski definition) is 0. The molecule has 3 heteroatoms. The van der Waals surface area contributed by atoms with E-state index < -0.39 is 8.24 Å². The van der Waals surface area contributed by atoms with E-state index in [1.807, 2.05) is 19.1 Å². The van der Waals surface area contributed by atoms with E-state index in [1.54, 1.807) is 6.08 Å². The summed E-state index contributed by atoms with van der Waals surface area (Å²) in [6, 6.07) is 3.92. The van der Waals surface area contributed by atoms with Gasteiger partial charge < -0.3 is 4.23 Å². The third-order valence-electron chi connectivity index (χ3n) is 4.57. The summed E-state index contributed by atoms with van der Waals surface area (Å²) in [5.74, 6) is -0.0728. The van der Waals surface area contributed by atoms with E-state index in [-0.39, 0.29) is 5.83 Å². The highest BCUT2D eigenvalue weighted by Gasteiger charge is 2.46. The Morgan fingerprint density at radius 3 is 2.05 bits per heavy atom. The third-order valence-corrected chi connectivity index (χ3v) is 11.3. The number of rotatable bonds is 6. The Morgan fingerprint density at radius 2 is 1.65 bits per heavy atom. The van der Waals surface area contributed by atoms with Gasteiger partial charge in [-0.3, -0.25) is 0 Å². The first-order chi connectivity index (χ1) is 9.29. The van der Waals surface area contributed by atoms with Gasteiger partial charge in [-0.2, -0.15) is 0 Å². The second-order valence-electron chi connectivity index (χ2n) is 6.58. The van der Waals surface area contributed by atoms with Crippen molar-refractivity contribution >= 4 is 14.1 Å². The van der Waals surface area contributed by atoms with Gasteiger partial charge in [0.2, 0.25) is 0 Å². The van der Waals surface area contributed by atoms with Crippen molar-refractivity contribution in [2.24, 2.45) is 0 Å². The van der Waals surface area contributed by atoms with Crippen molar-refractivity contribution in [3.05, 3.63) is 30.1 Å². The van der Waals surface area contributed by atoms with E-state index in [0.29, 0.717) is 16.6 Å². The zero-order chi connectivity index (χ0) is 15.5. The SMILES string of the molecule is CC/C=C(\F)c1cccn1[Si](C(C)C)(C(C)C)C(C)C. The molecule has 1 aromatic rings. The van der Waals surface area contributed by atoms with Crippen LogP contribution in [0.3, 0.4) is 0 Å². The van der Waals surface area contributed by atoms with Crippen molar-refractivity contribution in [3.8, 4) is 0 Å². The molecule has 0 aliphatic rings.